The molecular weight excluding hydrogens is 178 g/mol. The Labute approximate surface area is 79.8 Å². The van der Waals surface area contributed by atoms with Gasteiger partial charge in [0, 0.05) is 16.9 Å². The molecule has 3 rings (SSSR count). The topological polar surface area (TPSA) is 52.2 Å². The SMILES string of the molecule is [O-][NH+]1C=Cc2c3c(ccc2=C1)=NC=N3. The van der Waals surface area contributed by atoms with Crippen molar-refractivity contribution < 1.29 is 5.06 Å². The molecule has 4 nitrogen and oxygen atoms in total. The van der Waals surface area contributed by atoms with E-state index in [4.69, 9.17) is 0 Å². The zero-order valence-electron chi connectivity index (χ0n) is 7.27. The van der Waals surface area contributed by atoms with Gasteiger partial charge in [0.05, 0.1) is 17.2 Å². The summed E-state index contributed by atoms with van der Waals surface area (Å²) in [5.41, 5.74) is 1.85. The summed E-state index contributed by atoms with van der Waals surface area (Å²) in [5.74, 6) is 0. The van der Waals surface area contributed by atoms with Crippen LogP contribution in [0.3, 0.4) is 0 Å². The molecule has 68 valence electrons. The van der Waals surface area contributed by atoms with E-state index in [2.05, 4.69) is 9.98 Å². The van der Waals surface area contributed by atoms with Crippen molar-refractivity contribution in [2.75, 3.05) is 0 Å². The van der Waals surface area contributed by atoms with E-state index >= 15 is 0 Å². The van der Waals surface area contributed by atoms with Crippen molar-refractivity contribution in [1.29, 1.82) is 0 Å². The molecule has 1 unspecified atom stereocenters. The number of hydroxylamine groups is 2. The van der Waals surface area contributed by atoms with Gasteiger partial charge in [-0.25, -0.2) is 9.98 Å². The first-order chi connectivity index (χ1) is 6.84. The van der Waals surface area contributed by atoms with Gasteiger partial charge in [-0.2, -0.15) is 0 Å². The molecule has 0 aliphatic carbocycles. The number of aliphatic imine (C=N–C) groups is 1. The minimum atomic E-state index is 0.0244. The second-order valence-electron chi connectivity index (χ2n) is 3.19. The van der Waals surface area contributed by atoms with Crippen molar-refractivity contribution in [3.05, 3.63) is 39.7 Å². The smallest absolute Gasteiger partial charge is 0.116 e. The second kappa shape index (κ2) is 2.60. The Morgan fingerprint density at radius 2 is 2.21 bits per heavy atom. The number of nitrogens with zero attached hydrogens (tertiary/aromatic N) is 2. The quantitative estimate of drug-likeness (QED) is 0.522. The summed E-state index contributed by atoms with van der Waals surface area (Å²) < 4.78 is 0. The van der Waals surface area contributed by atoms with Crippen LogP contribution in [0.2, 0.25) is 0 Å². The predicted octanol–water partition coefficient (Wildman–Crippen LogP) is -0.915. The molecule has 0 radical (unpaired) electrons. The maximum Gasteiger partial charge on any atom is 0.116 e. The van der Waals surface area contributed by atoms with Crippen molar-refractivity contribution in [3.8, 4) is 0 Å². The van der Waals surface area contributed by atoms with Crippen LogP contribution >= 0.6 is 0 Å². The van der Waals surface area contributed by atoms with Crippen LogP contribution in [0.4, 0.5) is 5.69 Å². The lowest BCUT2D eigenvalue weighted by atomic mass is 10.1. The lowest BCUT2D eigenvalue weighted by Gasteiger charge is -2.15. The molecule has 1 aromatic carbocycles. The van der Waals surface area contributed by atoms with E-state index in [0.717, 1.165) is 21.8 Å². The maximum atomic E-state index is 11.1. The Balaban J connectivity index is 2.42. The summed E-state index contributed by atoms with van der Waals surface area (Å²) in [4.78, 5) is 8.27. The molecule has 1 atom stereocenters. The van der Waals surface area contributed by atoms with Crippen LogP contribution < -0.4 is 15.6 Å². The summed E-state index contributed by atoms with van der Waals surface area (Å²) in [7, 11) is 0. The highest BCUT2D eigenvalue weighted by Crippen LogP contribution is 2.13. The summed E-state index contributed by atoms with van der Waals surface area (Å²) in [6.07, 6.45) is 6.50. The molecule has 2 heterocycles. The molecule has 2 aliphatic rings. The molecule has 0 aromatic heterocycles. The highest BCUT2D eigenvalue weighted by atomic mass is 16.5. The summed E-state index contributed by atoms with van der Waals surface area (Å²) in [6, 6.07) is 3.78. The van der Waals surface area contributed by atoms with Crippen molar-refractivity contribution in [3.63, 3.8) is 0 Å². The van der Waals surface area contributed by atoms with Gasteiger partial charge >= 0.3 is 0 Å². The van der Waals surface area contributed by atoms with Crippen molar-refractivity contribution in [1.82, 2.24) is 0 Å². The highest BCUT2D eigenvalue weighted by molar-refractivity contribution is 5.74. The van der Waals surface area contributed by atoms with E-state index < -0.39 is 0 Å². The van der Waals surface area contributed by atoms with E-state index in [9.17, 15) is 5.21 Å². The molecule has 1 aromatic rings. The number of hydrogen-bond donors (Lipinski definition) is 1. The standard InChI is InChI=1S/C10H7N3O/c14-13-4-3-8-7(5-13)1-2-9-10(8)12-6-11-9/h1-6,13H. The lowest BCUT2D eigenvalue weighted by molar-refractivity contribution is -0.696. The first kappa shape index (κ1) is 7.61. The molecule has 0 bridgehead atoms. The Kier molecular flexibility index (Phi) is 1.41. The molecule has 1 N–H and O–H groups in total. The average molecular weight is 185 g/mol. The van der Waals surface area contributed by atoms with Gasteiger partial charge in [-0.15, -0.1) is 0 Å². The largest absolute Gasteiger partial charge is 0.624 e. The molecule has 2 aliphatic heterocycles. The highest BCUT2D eigenvalue weighted by Gasteiger charge is 2.10. The molecule has 0 amide bonds. The monoisotopic (exact) mass is 185 g/mol. The minimum Gasteiger partial charge on any atom is -0.624 e. The van der Waals surface area contributed by atoms with Gasteiger partial charge in [0.25, 0.3) is 0 Å². The summed E-state index contributed by atoms with van der Waals surface area (Å²) in [6.45, 7) is 0. The molecule has 0 saturated carbocycles. The predicted molar refractivity (Wildman–Crippen MR) is 53.2 cm³/mol. The number of nitrogens with one attached hydrogen (secondary N) is 1. The van der Waals surface area contributed by atoms with Crippen molar-refractivity contribution in [2.24, 2.45) is 9.98 Å². The minimum absolute atomic E-state index is 0.0244. The van der Waals surface area contributed by atoms with Crippen LogP contribution in [0.1, 0.15) is 5.56 Å². The van der Waals surface area contributed by atoms with Crippen LogP contribution in [-0.4, -0.2) is 6.34 Å². The van der Waals surface area contributed by atoms with Crippen molar-refractivity contribution in [2.45, 2.75) is 0 Å². The Bertz CT molecular complexity index is 572. The van der Waals surface area contributed by atoms with Crippen LogP contribution in [0, 0.1) is 5.21 Å². The van der Waals surface area contributed by atoms with Crippen LogP contribution in [0.15, 0.2) is 28.3 Å². The van der Waals surface area contributed by atoms with Crippen LogP contribution in [-0.2, 0) is 0 Å². The van der Waals surface area contributed by atoms with Gasteiger partial charge in [-0.05, 0) is 12.1 Å². The number of benzene rings is 1. The fraction of sp³-hybridized carbons (Fsp3) is 0. The number of hydrogen-bond acceptors (Lipinski definition) is 3. The molecule has 0 fully saturated rings. The van der Waals surface area contributed by atoms with Gasteiger partial charge in [0.1, 0.15) is 12.5 Å². The zero-order valence-corrected chi connectivity index (χ0v) is 7.27. The maximum absolute atomic E-state index is 11.1. The Hall–Kier alpha value is -1.78. The number of fused-ring (bicyclic) bond motifs is 3. The fourth-order valence-electron chi connectivity index (χ4n) is 1.67. The molecule has 0 spiro atoms. The summed E-state index contributed by atoms with van der Waals surface area (Å²) >= 11 is 0. The second-order valence-corrected chi connectivity index (χ2v) is 3.19. The van der Waals surface area contributed by atoms with E-state index in [1.54, 1.807) is 18.5 Å². The zero-order chi connectivity index (χ0) is 9.54. The third-order valence-corrected chi connectivity index (χ3v) is 2.33. The van der Waals surface area contributed by atoms with E-state index in [1.807, 2.05) is 12.1 Å². The summed E-state index contributed by atoms with van der Waals surface area (Å²) in [5, 5.41) is 12.9. The molecule has 0 saturated heterocycles. The van der Waals surface area contributed by atoms with E-state index in [-0.39, 0.29) is 5.06 Å². The van der Waals surface area contributed by atoms with Gasteiger partial charge < -0.3 is 10.3 Å². The van der Waals surface area contributed by atoms with Gasteiger partial charge in [-0.1, -0.05) is 0 Å². The van der Waals surface area contributed by atoms with E-state index in [1.165, 1.54) is 6.34 Å². The van der Waals surface area contributed by atoms with Crippen LogP contribution in [0.25, 0.3) is 12.3 Å². The first-order valence-electron chi connectivity index (χ1n) is 4.32. The van der Waals surface area contributed by atoms with Gasteiger partial charge in [0.15, 0.2) is 0 Å². The normalized spacial score (nSPS) is 21.1. The first-order valence-corrected chi connectivity index (χ1v) is 4.32. The Morgan fingerprint density at radius 1 is 1.29 bits per heavy atom. The van der Waals surface area contributed by atoms with Crippen LogP contribution in [0.5, 0.6) is 0 Å². The number of rotatable bonds is 0. The lowest BCUT2D eigenvalue weighted by Crippen LogP contribution is -2.97. The van der Waals surface area contributed by atoms with Gasteiger partial charge in [-0.3, -0.25) is 0 Å². The third kappa shape index (κ3) is 0.951. The van der Waals surface area contributed by atoms with Gasteiger partial charge in [0.2, 0.25) is 0 Å². The third-order valence-electron chi connectivity index (χ3n) is 2.33. The molecular formula is C10H7N3O. The van der Waals surface area contributed by atoms with E-state index in [0.29, 0.717) is 0 Å². The fourth-order valence-corrected chi connectivity index (χ4v) is 1.67. The number of quaternary nitrogens is 1. The molecule has 14 heavy (non-hydrogen) atoms. The Morgan fingerprint density at radius 3 is 3.14 bits per heavy atom. The average Bonchev–Trinajstić information content (AvgIpc) is 2.65. The molecule has 4 heteroatoms. The van der Waals surface area contributed by atoms with Crippen molar-refractivity contribution >= 4 is 24.3 Å².